The van der Waals surface area contributed by atoms with E-state index in [4.69, 9.17) is 9.05 Å². The first-order valence-electron chi connectivity index (χ1n) is 34.1. The van der Waals surface area contributed by atoms with Crippen molar-refractivity contribution in [1.82, 2.24) is 5.32 Å². The number of nitrogens with zero attached hydrogens (tertiary/aromatic N) is 1. The molecule has 0 heterocycles. The van der Waals surface area contributed by atoms with E-state index in [1.165, 1.54) is 205 Å². The average molecular weight is 1150 g/mol. The van der Waals surface area contributed by atoms with Crippen molar-refractivity contribution in [3.8, 4) is 0 Å². The summed E-state index contributed by atoms with van der Waals surface area (Å²) in [7, 11) is 1.56. The Morgan fingerprint density at radius 3 is 1.14 bits per heavy atom. The average Bonchev–Trinajstić information content (AvgIpc) is 3.43. The van der Waals surface area contributed by atoms with Gasteiger partial charge >= 0.3 is 7.82 Å². The molecule has 0 aromatic rings. The minimum absolute atomic E-state index is 0.0552. The van der Waals surface area contributed by atoms with Gasteiger partial charge in [-0.1, -0.05) is 310 Å². The van der Waals surface area contributed by atoms with Crippen LogP contribution in [0.25, 0.3) is 0 Å². The molecular formula is C72H132N2O6P+. The Morgan fingerprint density at radius 2 is 0.753 bits per heavy atom. The highest BCUT2D eigenvalue weighted by Gasteiger charge is 2.28. The van der Waals surface area contributed by atoms with E-state index in [-0.39, 0.29) is 19.1 Å². The Hall–Kier alpha value is -2.58. The van der Waals surface area contributed by atoms with Crippen molar-refractivity contribution in [3.63, 3.8) is 0 Å². The molecule has 9 heteroatoms. The van der Waals surface area contributed by atoms with Gasteiger partial charge < -0.3 is 19.8 Å². The van der Waals surface area contributed by atoms with Crippen molar-refractivity contribution in [2.75, 3.05) is 40.9 Å². The molecule has 0 saturated carbocycles. The van der Waals surface area contributed by atoms with E-state index in [1.54, 1.807) is 6.08 Å². The second kappa shape index (κ2) is 62.0. The normalized spacial score (nSPS) is 14.3. The van der Waals surface area contributed by atoms with E-state index in [2.05, 4.69) is 104 Å². The number of carbonyl (C=O) groups is 1. The Bertz CT molecular complexity index is 1640. The van der Waals surface area contributed by atoms with Crippen molar-refractivity contribution in [2.45, 2.75) is 315 Å². The van der Waals surface area contributed by atoms with Gasteiger partial charge in [0.05, 0.1) is 39.9 Å². The zero-order valence-electron chi connectivity index (χ0n) is 53.8. The van der Waals surface area contributed by atoms with Gasteiger partial charge in [-0.15, -0.1) is 0 Å². The number of rotatable bonds is 62. The summed E-state index contributed by atoms with van der Waals surface area (Å²) >= 11 is 0. The molecule has 81 heavy (non-hydrogen) atoms. The van der Waals surface area contributed by atoms with Gasteiger partial charge in [0.2, 0.25) is 5.91 Å². The SMILES string of the molecule is CC/C=C\C/C=C\C/C=C\C/C=C\C/C=C\C/C=C\CCCCCCCCCCCCCCCCCCCCCCCCC(=O)NC(COP(=O)(O)OCC[N+](C)(C)C)C(O)/C=C/CC/C=C/CCCCCCCCCCCCCC. The summed E-state index contributed by atoms with van der Waals surface area (Å²) < 4.78 is 23.7. The van der Waals surface area contributed by atoms with Gasteiger partial charge in [0.15, 0.2) is 0 Å². The Labute approximate surface area is 502 Å². The maximum Gasteiger partial charge on any atom is 0.472 e. The molecule has 3 unspecified atom stereocenters. The lowest BCUT2D eigenvalue weighted by Crippen LogP contribution is -2.45. The molecule has 0 radical (unpaired) electrons. The van der Waals surface area contributed by atoms with E-state index in [9.17, 15) is 19.4 Å². The highest BCUT2D eigenvalue weighted by Crippen LogP contribution is 2.43. The van der Waals surface area contributed by atoms with Gasteiger partial charge in [0.1, 0.15) is 13.2 Å². The molecule has 0 bridgehead atoms. The van der Waals surface area contributed by atoms with Gasteiger partial charge in [0, 0.05) is 6.42 Å². The molecule has 0 aliphatic heterocycles. The molecule has 1 amide bonds. The number of amides is 1. The molecule has 3 atom stereocenters. The predicted molar refractivity (Wildman–Crippen MR) is 355 cm³/mol. The van der Waals surface area contributed by atoms with Crippen LogP contribution in [-0.2, 0) is 18.4 Å². The molecule has 8 nitrogen and oxygen atoms in total. The molecule has 0 fully saturated rings. The molecule has 0 aliphatic carbocycles. The van der Waals surface area contributed by atoms with Crippen LogP contribution >= 0.6 is 7.82 Å². The van der Waals surface area contributed by atoms with Crippen LogP contribution in [0.4, 0.5) is 0 Å². The lowest BCUT2D eigenvalue weighted by atomic mass is 10.0. The van der Waals surface area contributed by atoms with E-state index in [0.29, 0.717) is 17.4 Å². The van der Waals surface area contributed by atoms with Crippen LogP contribution in [0.5, 0.6) is 0 Å². The minimum atomic E-state index is -4.36. The number of aliphatic hydroxyl groups is 1. The summed E-state index contributed by atoms with van der Waals surface area (Å²) in [6.07, 6.45) is 89.9. The van der Waals surface area contributed by atoms with E-state index >= 15 is 0 Å². The van der Waals surface area contributed by atoms with Crippen molar-refractivity contribution in [1.29, 1.82) is 0 Å². The molecule has 470 valence electrons. The standard InChI is InChI=1S/C72H131N2O6P/c1-6-8-10-12-14-16-18-20-22-24-26-27-28-29-30-31-32-33-34-35-36-37-38-39-40-41-42-43-44-45-46-47-48-50-52-54-56-58-60-62-64-66-72(76)73-70(69-80-81(77,78)79-68-67-74(3,4)5)71(75)65-63-61-59-57-55-53-51-49-25-23-21-19-17-15-13-11-9-7-2/h8,10,14,16,20,22,26-27,29-30,32-33,55,57,63,65,70-71,75H,6-7,9,11-13,15,17-19,21,23-25,28,31,34-54,56,58-62,64,66-69H2,1-5H3,(H-,73,76,77,78)/p+1/b10-8-,16-14-,22-20-,27-26-,30-29-,33-32-,57-55+,65-63+. The third-order valence-electron chi connectivity index (χ3n) is 15.0. The van der Waals surface area contributed by atoms with Gasteiger partial charge in [-0.2, -0.15) is 0 Å². The van der Waals surface area contributed by atoms with Crippen LogP contribution in [-0.4, -0.2) is 73.4 Å². The highest BCUT2D eigenvalue weighted by atomic mass is 31.2. The van der Waals surface area contributed by atoms with Crippen LogP contribution in [0.15, 0.2) is 97.2 Å². The van der Waals surface area contributed by atoms with Gasteiger partial charge in [0.25, 0.3) is 0 Å². The number of phosphoric acid groups is 1. The fourth-order valence-electron chi connectivity index (χ4n) is 9.77. The third-order valence-corrected chi connectivity index (χ3v) is 16.0. The van der Waals surface area contributed by atoms with E-state index in [0.717, 1.165) is 77.0 Å². The van der Waals surface area contributed by atoms with Crippen molar-refractivity contribution >= 4 is 13.7 Å². The number of aliphatic hydroxyl groups excluding tert-OH is 1. The molecule has 0 aromatic heterocycles. The van der Waals surface area contributed by atoms with Crippen LogP contribution in [0.1, 0.15) is 303 Å². The summed E-state index contributed by atoms with van der Waals surface area (Å²) in [5, 5.41) is 13.9. The van der Waals surface area contributed by atoms with E-state index < -0.39 is 20.0 Å². The summed E-state index contributed by atoms with van der Waals surface area (Å²) in [6, 6.07) is -0.866. The lowest BCUT2D eigenvalue weighted by Gasteiger charge is -2.25. The molecule has 0 rings (SSSR count). The highest BCUT2D eigenvalue weighted by molar-refractivity contribution is 7.47. The fraction of sp³-hybridized carbons (Fsp3) is 0.764. The number of likely N-dealkylation sites (N-methyl/N-ethyl adjacent to an activating group) is 1. The first-order chi connectivity index (χ1) is 39.5. The quantitative estimate of drug-likeness (QED) is 0.0243. The number of quaternary nitrogens is 1. The summed E-state index contributed by atoms with van der Waals surface area (Å²) in [5.74, 6) is -0.184. The van der Waals surface area contributed by atoms with Crippen molar-refractivity contribution in [3.05, 3.63) is 97.2 Å². The van der Waals surface area contributed by atoms with Crippen LogP contribution in [0.3, 0.4) is 0 Å². The Balaban J connectivity index is 3.97. The third kappa shape index (κ3) is 64.8. The minimum Gasteiger partial charge on any atom is -0.387 e. The summed E-state index contributed by atoms with van der Waals surface area (Å²) in [5.41, 5.74) is 0. The van der Waals surface area contributed by atoms with Gasteiger partial charge in [-0.3, -0.25) is 13.8 Å². The number of carbonyl (C=O) groups excluding carboxylic acids is 1. The van der Waals surface area contributed by atoms with Crippen molar-refractivity contribution in [2.24, 2.45) is 0 Å². The number of hydrogen-bond acceptors (Lipinski definition) is 5. The number of nitrogens with one attached hydrogen (secondary N) is 1. The topological polar surface area (TPSA) is 105 Å². The van der Waals surface area contributed by atoms with Gasteiger partial charge in [-0.05, 0) is 83.5 Å². The summed E-state index contributed by atoms with van der Waals surface area (Å²) in [6.45, 7) is 4.70. The number of allylic oxidation sites excluding steroid dienone is 15. The van der Waals surface area contributed by atoms with Crippen LogP contribution < -0.4 is 5.32 Å². The molecule has 0 aliphatic rings. The van der Waals surface area contributed by atoms with Gasteiger partial charge in [-0.25, -0.2) is 4.57 Å². The molecular weight excluding hydrogens is 1020 g/mol. The maximum atomic E-state index is 13.0. The second-order valence-electron chi connectivity index (χ2n) is 24.2. The molecule has 0 saturated heterocycles. The molecule has 0 aromatic carbocycles. The molecule has 3 N–H and O–H groups in total. The van der Waals surface area contributed by atoms with E-state index in [1.807, 2.05) is 27.2 Å². The Kier molecular flexibility index (Phi) is 60.0. The first kappa shape index (κ1) is 78.4. The largest absolute Gasteiger partial charge is 0.472 e. The number of unbranched alkanes of at least 4 members (excludes halogenated alkanes) is 35. The number of phosphoric ester groups is 1. The first-order valence-corrected chi connectivity index (χ1v) is 35.6. The maximum absolute atomic E-state index is 13.0. The second-order valence-corrected chi connectivity index (χ2v) is 25.6. The van der Waals surface area contributed by atoms with Crippen LogP contribution in [0, 0.1) is 0 Å². The smallest absolute Gasteiger partial charge is 0.387 e. The lowest BCUT2D eigenvalue weighted by molar-refractivity contribution is -0.870. The monoisotopic (exact) mass is 1150 g/mol. The summed E-state index contributed by atoms with van der Waals surface area (Å²) in [4.78, 5) is 23.4. The zero-order valence-corrected chi connectivity index (χ0v) is 54.6. The zero-order chi connectivity index (χ0) is 59.1. The molecule has 0 spiro atoms. The fourth-order valence-corrected chi connectivity index (χ4v) is 10.5. The van der Waals surface area contributed by atoms with Crippen molar-refractivity contribution < 1.29 is 32.9 Å². The predicted octanol–water partition coefficient (Wildman–Crippen LogP) is 21.7. The van der Waals surface area contributed by atoms with Crippen LogP contribution in [0.2, 0.25) is 0 Å². The number of hydrogen-bond donors (Lipinski definition) is 3. The Morgan fingerprint density at radius 1 is 0.432 bits per heavy atom.